The van der Waals surface area contributed by atoms with E-state index in [0.29, 0.717) is 6.54 Å². The molecule has 0 spiro atoms. The average Bonchev–Trinajstić information content (AvgIpc) is 2.77. The second kappa shape index (κ2) is 4.17. The molecule has 6 nitrogen and oxygen atoms in total. The molecule has 0 unspecified atom stereocenters. The van der Waals surface area contributed by atoms with Crippen molar-refractivity contribution in [3.05, 3.63) is 38.2 Å². The molecule has 0 saturated heterocycles. The van der Waals surface area contributed by atoms with Gasteiger partial charge in [-0.25, -0.2) is 14.3 Å². The maximum absolute atomic E-state index is 11.6. The molecule has 17 heavy (non-hydrogen) atoms. The summed E-state index contributed by atoms with van der Waals surface area (Å²) in [6.07, 6.45) is 1.43. The molecule has 0 atom stereocenters. The van der Waals surface area contributed by atoms with E-state index in [4.69, 9.17) is 5.11 Å². The van der Waals surface area contributed by atoms with E-state index in [1.807, 2.05) is 6.92 Å². The van der Waals surface area contributed by atoms with Crippen LogP contribution < -0.4 is 5.69 Å². The second-order valence-corrected chi connectivity index (χ2v) is 4.94. The van der Waals surface area contributed by atoms with Gasteiger partial charge in [-0.05, 0) is 18.6 Å². The van der Waals surface area contributed by atoms with E-state index in [9.17, 15) is 9.59 Å². The van der Waals surface area contributed by atoms with Crippen LogP contribution in [0.15, 0.2) is 17.2 Å². The Kier molecular flexibility index (Phi) is 2.84. The quantitative estimate of drug-likeness (QED) is 0.873. The predicted molar refractivity (Wildman–Crippen MR) is 62.6 cm³/mol. The molecule has 7 heteroatoms. The lowest BCUT2D eigenvalue weighted by Crippen LogP contribution is -2.23. The Balaban J connectivity index is 2.33. The number of hydrogen-bond acceptors (Lipinski definition) is 4. The number of rotatable bonds is 3. The fourth-order valence-electron chi connectivity index (χ4n) is 1.47. The zero-order chi connectivity index (χ0) is 12.6. The number of nitrogens with zero attached hydrogens (tertiary/aromatic N) is 3. The Morgan fingerprint density at radius 3 is 2.76 bits per heavy atom. The third-order valence-electron chi connectivity index (χ3n) is 2.44. The van der Waals surface area contributed by atoms with E-state index in [2.05, 4.69) is 5.10 Å². The number of carbonyl (C=O) groups is 1. The van der Waals surface area contributed by atoms with Crippen LogP contribution in [0.25, 0.3) is 0 Å². The van der Waals surface area contributed by atoms with Crippen molar-refractivity contribution in [2.75, 3.05) is 0 Å². The maximum Gasteiger partial charge on any atom is 0.345 e. The summed E-state index contributed by atoms with van der Waals surface area (Å²) in [5.74, 6) is -0.947. The molecule has 2 heterocycles. The van der Waals surface area contributed by atoms with Gasteiger partial charge in [-0.15, -0.1) is 11.3 Å². The number of carboxylic acids is 1. The fourth-order valence-corrected chi connectivity index (χ4v) is 2.35. The highest BCUT2D eigenvalue weighted by molar-refractivity contribution is 7.14. The van der Waals surface area contributed by atoms with Gasteiger partial charge in [0, 0.05) is 11.9 Å². The molecule has 2 rings (SSSR count). The van der Waals surface area contributed by atoms with E-state index in [1.165, 1.54) is 26.9 Å². The van der Waals surface area contributed by atoms with Gasteiger partial charge in [-0.1, -0.05) is 0 Å². The number of aryl methyl sites for hydroxylation is 2. The van der Waals surface area contributed by atoms with Gasteiger partial charge in [-0.2, -0.15) is 5.10 Å². The van der Waals surface area contributed by atoms with E-state index >= 15 is 0 Å². The molecule has 0 amide bonds. The summed E-state index contributed by atoms with van der Waals surface area (Å²) in [7, 11) is 1.62. The Morgan fingerprint density at radius 1 is 1.59 bits per heavy atom. The van der Waals surface area contributed by atoms with Gasteiger partial charge in [0.1, 0.15) is 11.2 Å². The Morgan fingerprint density at radius 2 is 2.29 bits per heavy atom. The zero-order valence-electron chi connectivity index (χ0n) is 9.38. The molecular formula is C10H11N3O3S. The summed E-state index contributed by atoms with van der Waals surface area (Å²) in [6.45, 7) is 2.13. The van der Waals surface area contributed by atoms with Crippen LogP contribution in [0.3, 0.4) is 0 Å². The minimum atomic E-state index is -0.947. The van der Waals surface area contributed by atoms with Crippen LogP contribution in [0.2, 0.25) is 0 Å². The second-order valence-electron chi connectivity index (χ2n) is 3.68. The number of aromatic carboxylic acids is 1. The molecule has 0 aliphatic heterocycles. The number of carboxylic acid groups (broad SMARTS) is 1. The lowest BCUT2D eigenvalue weighted by atomic mass is 10.2. The first-order valence-electron chi connectivity index (χ1n) is 4.90. The molecule has 0 saturated carbocycles. The van der Waals surface area contributed by atoms with Crippen LogP contribution in [-0.4, -0.2) is 25.4 Å². The molecule has 0 aliphatic rings. The topological polar surface area (TPSA) is 77.1 Å². The van der Waals surface area contributed by atoms with Crippen molar-refractivity contribution in [2.45, 2.75) is 13.5 Å². The fraction of sp³-hybridized carbons (Fsp3) is 0.300. The van der Waals surface area contributed by atoms with Crippen LogP contribution in [0, 0.1) is 6.92 Å². The normalized spacial score (nSPS) is 10.7. The summed E-state index contributed by atoms with van der Waals surface area (Å²) < 4.78 is 2.68. The molecule has 0 bridgehead atoms. The summed E-state index contributed by atoms with van der Waals surface area (Å²) in [5.41, 5.74) is 0.598. The largest absolute Gasteiger partial charge is 0.477 e. The van der Waals surface area contributed by atoms with Crippen molar-refractivity contribution in [3.8, 4) is 0 Å². The lowest BCUT2D eigenvalue weighted by molar-refractivity contribution is 0.0702. The van der Waals surface area contributed by atoms with Gasteiger partial charge in [0.2, 0.25) is 0 Å². The highest BCUT2D eigenvalue weighted by Crippen LogP contribution is 2.21. The van der Waals surface area contributed by atoms with Crippen LogP contribution in [0.4, 0.5) is 0 Å². The molecule has 0 aromatic carbocycles. The molecule has 2 aromatic rings. The lowest BCUT2D eigenvalue weighted by Gasteiger charge is -1.98. The summed E-state index contributed by atoms with van der Waals surface area (Å²) in [6, 6.07) is 1.59. The highest BCUT2D eigenvalue weighted by atomic mass is 32.1. The Bertz CT molecular complexity index is 623. The van der Waals surface area contributed by atoms with Gasteiger partial charge in [-0.3, -0.25) is 4.57 Å². The molecular weight excluding hydrogens is 242 g/mol. The minimum absolute atomic E-state index is 0.215. The summed E-state index contributed by atoms with van der Waals surface area (Å²) in [4.78, 5) is 23.6. The van der Waals surface area contributed by atoms with E-state index in [0.717, 1.165) is 10.4 Å². The number of aromatic nitrogens is 3. The van der Waals surface area contributed by atoms with E-state index in [-0.39, 0.29) is 10.6 Å². The first-order chi connectivity index (χ1) is 7.99. The number of thiophene rings is 1. The molecule has 0 radical (unpaired) electrons. The minimum Gasteiger partial charge on any atom is -0.477 e. The van der Waals surface area contributed by atoms with Crippen molar-refractivity contribution in [2.24, 2.45) is 7.05 Å². The van der Waals surface area contributed by atoms with E-state index < -0.39 is 5.97 Å². The van der Waals surface area contributed by atoms with Crippen LogP contribution >= 0.6 is 11.3 Å². The third kappa shape index (κ3) is 2.14. The Labute approximate surface area is 101 Å². The van der Waals surface area contributed by atoms with Crippen molar-refractivity contribution in [3.63, 3.8) is 0 Å². The van der Waals surface area contributed by atoms with Crippen molar-refractivity contribution in [1.82, 2.24) is 14.3 Å². The average molecular weight is 253 g/mol. The zero-order valence-corrected chi connectivity index (χ0v) is 10.2. The third-order valence-corrected chi connectivity index (χ3v) is 3.52. The van der Waals surface area contributed by atoms with Gasteiger partial charge in [0.25, 0.3) is 0 Å². The standard InChI is InChI=1S/C10H11N3O3S/c1-6-7(3-8(17-6)9(14)15)4-13-10(16)12(2)5-11-13/h3,5H,4H2,1-2H3,(H,14,15). The van der Waals surface area contributed by atoms with Gasteiger partial charge in [0.15, 0.2) is 0 Å². The van der Waals surface area contributed by atoms with Crippen LogP contribution in [-0.2, 0) is 13.6 Å². The predicted octanol–water partition coefficient (Wildman–Crippen LogP) is 0.698. The Hall–Kier alpha value is -1.89. The van der Waals surface area contributed by atoms with Crippen LogP contribution in [0.1, 0.15) is 20.1 Å². The first-order valence-corrected chi connectivity index (χ1v) is 5.71. The van der Waals surface area contributed by atoms with E-state index in [1.54, 1.807) is 13.1 Å². The molecule has 0 fully saturated rings. The monoisotopic (exact) mass is 253 g/mol. The molecule has 1 N–H and O–H groups in total. The summed E-state index contributed by atoms with van der Waals surface area (Å²) >= 11 is 1.20. The molecule has 90 valence electrons. The molecule has 0 aliphatic carbocycles. The smallest absolute Gasteiger partial charge is 0.345 e. The maximum atomic E-state index is 11.6. The van der Waals surface area contributed by atoms with Crippen molar-refractivity contribution < 1.29 is 9.90 Å². The van der Waals surface area contributed by atoms with Gasteiger partial charge < -0.3 is 5.11 Å². The first kappa shape index (κ1) is 11.6. The van der Waals surface area contributed by atoms with Crippen molar-refractivity contribution >= 4 is 17.3 Å². The van der Waals surface area contributed by atoms with Gasteiger partial charge in [0.05, 0.1) is 6.54 Å². The number of hydrogen-bond donors (Lipinski definition) is 1. The van der Waals surface area contributed by atoms with Crippen LogP contribution in [0.5, 0.6) is 0 Å². The SMILES string of the molecule is Cc1sc(C(=O)O)cc1Cn1ncn(C)c1=O. The van der Waals surface area contributed by atoms with Crippen molar-refractivity contribution in [1.29, 1.82) is 0 Å². The molecule has 2 aromatic heterocycles. The summed E-state index contributed by atoms with van der Waals surface area (Å²) in [5, 5.41) is 12.8. The van der Waals surface area contributed by atoms with Gasteiger partial charge >= 0.3 is 11.7 Å². The highest BCUT2D eigenvalue weighted by Gasteiger charge is 2.12.